The zero-order chi connectivity index (χ0) is 21.7. The summed E-state index contributed by atoms with van der Waals surface area (Å²) in [4.78, 5) is 34.2. The Bertz CT molecular complexity index is 865. The molecule has 0 bridgehead atoms. The topological polar surface area (TPSA) is 86.8 Å². The highest BCUT2D eigenvalue weighted by molar-refractivity contribution is 7.19. The van der Waals surface area contributed by atoms with Crippen molar-refractivity contribution in [2.75, 3.05) is 38.5 Å². The number of rotatable bonds is 4. The molecule has 3 rings (SSSR count). The second-order valence-corrected chi connectivity index (χ2v) is 9.35. The number of carbonyl (C=O) groups excluding carboxylic acids is 2. The van der Waals surface area contributed by atoms with Crippen molar-refractivity contribution in [2.24, 2.45) is 0 Å². The van der Waals surface area contributed by atoms with E-state index in [1.165, 1.54) is 11.3 Å². The van der Waals surface area contributed by atoms with Gasteiger partial charge in [-0.15, -0.1) is 0 Å². The summed E-state index contributed by atoms with van der Waals surface area (Å²) in [5, 5.41) is 6.24. The molecule has 1 atom stereocenters. The number of hydrogen-bond donors (Lipinski definition) is 2. The summed E-state index contributed by atoms with van der Waals surface area (Å²) >= 11 is 1.43. The summed E-state index contributed by atoms with van der Waals surface area (Å²) < 4.78 is 5.30. The number of nitrogens with zero attached hydrogens (tertiary/aromatic N) is 3. The minimum atomic E-state index is -0.564. The highest BCUT2D eigenvalue weighted by Gasteiger charge is 2.30. The first kappa shape index (κ1) is 22.0. The van der Waals surface area contributed by atoms with Crippen LogP contribution in [0.15, 0.2) is 36.5 Å². The molecule has 0 spiro atoms. The fourth-order valence-corrected chi connectivity index (χ4v) is 4.01. The molecule has 1 aromatic carbocycles. The molecule has 1 aliphatic heterocycles. The summed E-state index contributed by atoms with van der Waals surface area (Å²) in [5.41, 5.74) is 0.501. The quantitative estimate of drug-likeness (QED) is 0.774. The number of piperazine rings is 1. The minimum Gasteiger partial charge on any atom is -0.444 e. The van der Waals surface area contributed by atoms with Gasteiger partial charge in [0.1, 0.15) is 5.60 Å². The smallest absolute Gasteiger partial charge is 0.407 e. The number of alkyl carbamates (subject to hydrolysis) is 1. The van der Waals surface area contributed by atoms with Crippen LogP contribution in [0.4, 0.5) is 14.7 Å². The molecule has 9 heteroatoms. The highest BCUT2D eigenvalue weighted by Crippen LogP contribution is 2.29. The lowest BCUT2D eigenvalue weighted by Gasteiger charge is -2.39. The summed E-state index contributed by atoms with van der Waals surface area (Å²) in [6.45, 7) is 7.77. The molecule has 0 aliphatic carbocycles. The van der Waals surface area contributed by atoms with Crippen molar-refractivity contribution in [3.8, 4) is 10.4 Å². The molecule has 1 fully saturated rings. The van der Waals surface area contributed by atoms with Crippen molar-refractivity contribution in [1.29, 1.82) is 0 Å². The Morgan fingerprint density at radius 3 is 2.67 bits per heavy atom. The van der Waals surface area contributed by atoms with Crippen LogP contribution in [0, 0.1) is 0 Å². The number of ether oxygens (including phenoxy) is 1. The molecule has 1 aliphatic rings. The highest BCUT2D eigenvalue weighted by atomic mass is 32.1. The Morgan fingerprint density at radius 2 is 1.97 bits per heavy atom. The van der Waals surface area contributed by atoms with Crippen LogP contribution in [-0.2, 0) is 4.74 Å². The first-order valence-corrected chi connectivity index (χ1v) is 10.8. The third-order valence-electron chi connectivity index (χ3n) is 4.61. The van der Waals surface area contributed by atoms with Crippen LogP contribution in [-0.4, -0.2) is 71.8 Å². The predicted molar refractivity (Wildman–Crippen MR) is 119 cm³/mol. The number of urea groups is 1. The van der Waals surface area contributed by atoms with Gasteiger partial charge < -0.3 is 19.9 Å². The molecule has 1 aromatic heterocycles. The van der Waals surface area contributed by atoms with E-state index >= 15 is 0 Å². The fourth-order valence-electron chi connectivity index (χ4n) is 3.20. The van der Waals surface area contributed by atoms with Crippen molar-refractivity contribution < 1.29 is 14.3 Å². The Morgan fingerprint density at radius 1 is 1.23 bits per heavy atom. The van der Waals surface area contributed by atoms with Gasteiger partial charge >= 0.3 is 12.1 Å². The van der Waals surface area contributed by atoms with Crippen molar-refractivity contribution in [2.45, 2.75) is 32.4 Å². The number of nitrogens with one attached hydrogen (secondary N) is 2. The van der Waals surface area contributed by atoms with E-state index in [-0.39, 0.29) is 12.1 Å². The molecule has 1 saturated heterocycles. The van der Waals surface area contributed by atoms with Crippen LogP contribution in [0.2, 0.25) is 0 Å². The standard InChI is InChI=1S/C21H29N5O3S/c1-21(2,3)29-20(28)23-12-16-14-25(4)10-11-26(16)19(27)24-18-22-13-17(30-18)15-8-6-5-7-9-15/h5-9,13,16H,10-12,14H2,1-4H3,(H,23,28)(H,22,24,27)/t16-/m1/s1. The van der Waals surface area contributed by atoms with E-state index in [4.69, 9.17) is 4.74 Å². The molecule has 0 unspecified atom stereocenters. The molecule has 0 saturated carbocycles. The molecular formula is C21H29N5O3S. The summed E-state index contributed by atoms with van der Waals surface area (Å²) in [6, 6.07) is 9.56. The van der Waals surface area contributed by atoms with Gasteiger partial charge in [0.25, 0.3) is 0 Å². The molecule has 162 valence electrons. The van der Waals surface area contributed by atoms with E-state index in [0.717, 1.165) is 17.0 Å². The number of aromatic nitrogens is 1. The number of hydrogen-bond acceptors (Lipinski definition) is 6. The zero-order valence-corrected chi connectivity index (χ0v) is 18.7. The molecule has 3 amide bonds. The molecule has 2 N–H and O–H groups in total. The summed E-state index contributed by atoms with van der Waals surface area (Å²) in [7, 11) is 2.00. The third kappa shape index (κ3) is 6.17. The molecular weight excluding hydrogens is 402 g/mol. The third-order valence-corrected chi connectivity index (χ3v) is 5.57. The molecule has 2 heterocycles. The zero-order valence-electron chi connectivity index (χ0n) is 17.8. The fraction of sp³-hybridized carbons (Fsp3) is 0.476. The van der Waals surface area contributed by atoms with Crippen molar-refractivity contribution in [3.05, 3.63) is 36.5 Å². The Hall–Kier alpha value is -2.65. The van der Waals surface area contributed by atoms with Crippen LogP contribution in [0.25, 0.3) is 10.4 Å². The Balaban J connectivity index is 1.61. The lowest BCUT2D eigenvalue weighted by Crippen LogP contribution is -2.58. The second kappa shape index (κ2) is 9.44. The first-order valence-electron chi connectivity index (χ1n) is 9.95. The lowest BCUT2D eigenvalue weighted by molar-refractivity contribution is 0.0490. The van der Waals surface area contributed by atoms with E-state index in [1.54, 1.807) is 11.1 Å². The average Bonchev–Trinajstić information content (AvgIpc) is 3.14. The summed E-state index contributed by atoms with van der Waals surface area (Å²) in [6.07, 6.45) is 1.28. The van der Waals surface area contributed by atoms with Gasteiger partial charge in [-0.1, -0.05) is 41.7 Å². The van der Waals surface area contributed by atoms with Crippen LogP contribution in [0.3, 0.4) is 0 Å². The minimum absolute atomic E-state index is 0.162. The van der Waals surface area contributed by atoms with Crippen LogP contribution in [0.5, 0.6) is 0 Å². The monoisotopic (exact) mass is 431 g/mol. The number of thiazole rings is 1. The lowest BCUT2D eigenvalue weighted by atomic mass is 10.2. The Labute approximate surface area is 181 Å². The maximum atomic E-state index is 12.9. The van der Waals surface area contributed by atoms with E-state index in [1.807, 2.05) is 58.2 Å². The van der Waals surface area contributed by atoms with E-state index in [9.17, 15) is 9.59 Å². The van der Waals surface area contributed by atoms with Gasteiger partial charge in [0, 0.05) is 32.4 Å². The van der Waals surface area contributed by atoms with E-state index < -0.39 is 11.7 Å². The normalized spacial score (nSPS) is 17.5. The van der Waals surface area contributed by atoms with E-state index in [0.29, 0.717) is 24.8 Å². The second-order valence-electron chi connectivity index (χ2n) is 8.32. The number of likely N-dealkylation sites (N-methyl/N-ethyl adjacent to an activating group) is 1. The van der Waals surface area contributed by atoms with Gasteiger partial charge in [-0.3, -0.25) is 5.32 Å². The van der Waals surface area contributed by atoms with Crippen molar-refractivity contribution >= 4 is 28.6 Å². The Kier molecular flexibility index (Phi) is 6.94. The molecule has 8 nitrogen and oxygen atoms in total. The predicted octanol–water partition coefficient (Wildman–Crippen LogP) is 3.48. The molecule has 2 aromatic rings. The molecule has 30 heavy (non-hydrogen) atoms. The maximum absolute atomic E-state index is 12.9. The first-order chi connectivity index (χ1) is 14.2. The number of amides is 3. The largest absolute Gasteiger partial charge is 0.444 e. The molecule has 0 radical (unpaired) electrons. The SMILES string of the molecule is CN1CCN(C(=O)Nc2ncc(-c3ccccc3)s2)[C@H](CNC(=O)OC(C)(C)C)C1. The van der Waals surface area contributed by atoms with Crippen molar-refractivity contribution in [1.82, 2.24) is 20.1 Å². The van der Waals surface area contributed by atoms with Gasteiger partial charge in [-0.05, 0) is 33.4 Å². The van der Waals surface area contributed by atoms with Crippen LogP contribution >= 0.6 is 11.3 Å². The number of benzene rings is 1. The van der Waals surface area contributed by atoms with Crippen molar-refractivity contribution in [3.63, 3.8) is 0 Å². The number of anilines is 1. The van der Waals surface area contributed by atoms with Gasteiger partial charge in [-0.25, -0.2) is 14.6 Å². The van der Waals surface area contributed by atoms with Gasteiger partial charge in [0.2, 0.25) is 0 Å². The maximum Gasteiger partial charge on any atom is 0.407 e. The van der Waals surface area contributed by atoms with Gasteiger partial charge in [0.05, 0.1) is 10.9 Å². The van der Waals surface area contributed by atoms with Gasteiger partial charge in [-0.2, -0.15) is 0 Å². The van der Waals surface area contributed by atoms with Crippen LogP contribution in [0.1, 0.15) is 20.8 Å². The van der Waals surface area contributed by atoms with Gasteiger partial charge in [0.15, 0.2) is 5.13 Å². The van der Waals surface area contributed by atoms with Crippen LogP contribution < -0.4 is 10.6 Å². The van der Waals surface area contributed by atoms with E-state index in [2.05, 4.69) is 20.5 Å². The summed E-state index contributed by atoms with van der Waals surface area (Å²) in [5.74, 6) is 0. The average molecular weight is 432 g/mol. The number of carbonyl (C=O) groups is 2.